The highest BCUT2D eigenvalue weighted by Crippen LogP contribution is 2.22. The lowest BCUT2D eigenvalue weighted by atomic mass is 9.91. The van der Waals surface area contributed by atoms with Gasteiger partial charge in [0.2, 0.25) is 17.6 Å². The largest absolute Gasteiger partial charge is 0.353 e. The third kappa shape index (κ3) is 5.89. The van der Waals surface area contributed by atoms with Gasteiger partial charge in [-0.2, -0.15) is 4.98 Å². The summed E-state index contributed by atoms with van der Waals surface area (Å²) in [4.78, 5) is 19.6. The van der Waals surface area contributed by atoms with Crippen molar-refractivity contribution in [3.63, 3.8) is 0 Å². The van der Waals surface area contributed by atoms with Gasteiger partial charge in [-0.05, 0) is 55.5 Å². The fourth-order valence-corrected chi connectivity index (χ4v) is 4.29. The number of amides is 1. The van der Waals surface area contributed by atoms with E-state index in [0.717, 1.165) is 36.0 Å². The molecule has 1 N–H and O–H groups in total. The van der Waals surface area contributed by atoms with E-state index in [1.54, 1.807) is 0 Å². The lowest BCUT2D eigenvalue weighted by Gasteiger charge is -2.33. The standard InChI is InChI=1S/C22H31BrN4O2/c1-14(2)20(15(3)4)25-22(28)17-6-5-11-27(12-17)13-19-24-21(26-29-19)16-7-9-18(23)10-8-16/h7-10,14-15,17,20H,5-6,11-13H2,1-4H3,(H,25,28). The molecular formula is C22H31BrN4O2. The van der Waals surface area contributed by atoms with Gasteiger partial charge in [-0.3, -0.25) is 9.69 Å². The van der Waals surface area contributed by atoms with E-state index in [9.17, 15) is 4.79 Å². The molecule has 0 spiro atoms. The summed E-state index contributed by atoms with van der Waals surface area (Å²) in [5, 5.41) is 7.39. The number of nitrogens with one attached hydrogen (secondary N) is 1. The van der Waals surface area contributed by atoms with Crippen molar-refractivity contribution in [2.75, 3.05) is 13.1 Å². The van der Waals surface area contributed by atoms with Crippen LogP contribution in [0.25, 0.3) is 11.4 Å². The van der Waals surface area contributed by atoms with Crippen LogP contribution in [0.15, 0.2) is 33.3 Å². The van der Waals surface area contributed by atoms with Crippen LogP contribution >= 0.6 is 15.9 Å². The number of carbonyl (C=O) groups is 1. The third-order valence-corrected chi connectivity index (χ3v) is 6.08. The Morgan fingerprint density at radius 2 is 1.93 bits per heavy atom. The second-order valence-corrected chi connectivity index (χ2v) is 9.53. The highest BCUT2D eigenvalue weighted by molar-refractivity contribution is 9.10. The molecule has 6 nitrogen and oxygen atoms in total. The molecule has 1 aliphatic rings. The van der Waals surface area contributed by atoms with Crippen molar-refractivity contribution < 1.29 is 9.32 Å². The monoisotopic (exact) mass is 462 g/mol. The highest BCUT2D eigenvalue weighted by Gasteiger charge is 2.29. The molecule has 3 rings (SSSR count). The smallest absolute Gasteiger partial charge is 0.241 e. The lowest BCUT2D eigenvalue weighted by molar-refractivity contribution is -0.128. The molecule has 1 aromatic carbocycles. The Morgan fingerprint density at radius 3 is 2.59 bits per heavy atom. The van der Waals surface area contributed by atoms with E-state index in [2.05, 4.69) is 64.0 Å². The van der Waals surface area contributed by atoms with E-state index < -0.39 is 0 Å². The zero-order valence-electron chi connectivity index (χ0n) is 17.7. The maximum absolute atomic E-state index is 12.8. The summed E-state index contributed by atoms with van der Waals surface area (Å²) in [5.74, 6) is 2.21. The van der Waals surface area contributed by atoms with Gasteiger partial charge in [-0.25, -0.2) is 0 Å². The minimum Gasteiger partial charge on any atom is -0.353 e. The molecule has 1 aromatic heterocycles. The number of benzene rings is 1. The van der Waals surface area contributed by atoms with Crippen molar-refractivity contribution >= 4 is 21.8 Å². The quantitative estimate of drug-likeness (QED) is 0.655. The number of hydrogen-bond donors (Lipinski definition) is 1. The number of nitrogens with zero attached hydrogens (tertiary/aromatic N) is 3. The number of piperidine rings is 1. The van der Waals surface area contributed by atoms with Crippen molar-refractivity contribution in [2.24, 2.45) is 17.8 Å². The van der Waals surface area contributed by atoms with Crippen LogP contribution in [-0.4, -0.2) is 40.1 Å². The first kappa shape index (κ1) is 22.0. The van der Waals surface area contributed by atoms with E-state index in [1.807, 2.05) is 24.3 Å². The van der Waals surface area contributed by atoms with E-state index in [4.69, 9.17) is 4.52 Å². The topological polar surface area (TPSA) is 71.3 Å². The van der Waals surface area contributed by atoms with Gasteiger partial charge in [0.05, 0.1) is 12.5 Å². The molecule has 0 radical (unpaired) electrons. The predicted molar refractivity (Wildman–Crippen MR) is 117 cm³/mol. The molecule has 1 aliphatic heterocycles. The number of likely N-dealkylation sites (tertiary alicyclic amines) is 1. The first-order valence-electron chi connectivity index (χ1n) is 10.4. The van der Waals surface area contributed by atoms with E-state index in [-0.39, 0.29) is 17.9 Å². The third-order valence-electron chi connectivity index (χ3n) is 5.55. The van der Waals surface area contributed by atoms with Gasteiger partial charge in [0, 0.05) is 22.6 Å². The number of rotatable bonds is 7. The molecule has 2 heterocycles. The average molecular weight is 463 g/mol. The van der Waals surface area contributed by atoms with Gasteiger partial charge >= 0.3 is 0 Å². The zero-order valence-corrected chi connectivity index (χ0v) is 19.3. The Labute approximate surface area is 181 Å². The first-order chi connectivity index (χ1) is 13.8. The first-order valence-corrected chi connectivity index (χ1v) is 11.2. The molecule has 29 heavy (non-hydrogen) atoms. The van der Waals surface area contributed by atoms with Crippen molar-refractivity contribution in [1.29, 1.82) is 0 Å². The van der Waals surface area contributed by atoms with Crippen molar-refractivity contribution in [3.05, 3.63) is 34.6 Å². The van der Waals surface area contributed by atoms with Crippen LogP contribution in [0.3, 0.4) is 0 Å². The summed E-state index contributed by atoms with van der Waals surface area (Å²) >= 11 is 3.43. The van der Waals surface area contributed by atoms with E-state index >= 15 is 0 Å². The maximum atomic E-state index is 12.8. The van der Waals surface area contributed by atoms with Gasteiger partial charge in [0.15, 0.2) is 0 Å². The zero-order chi connectivity index (χ0) is 21.0. The van der Waals surface area contributed by atoms with Crippen LogP contribution in [0.1, 0.15) is 46.4 Å². The number of carbonyl (C=O) groups excluding carboxylic acids is 1. The number of hydrogen-bond acceptors (Lipinski definition) is 5. The Kier molecular flexibility index (Phi) is 7.46. The Hall–Kier alpha value is -1.73. The SMILES string of the molecule is CC(C)C(NC(=O)C1CCCN(Cc2nc(-c3ccc(Br)cc3)no2)C1)C(C)C. The fraction of sp³-hybridized carbons (Fsp3) is 0.591. The molecule has 1 saturated heterocycles. The van der Waals surface area contributed by atoms with Crippen molar-refractivity contribution in [3.8, 4) is 11.4 Å². The molecule has 7 heteroatoms. The summed E-state index contributed by atoms with van der Waals surface area (Å²) in [6, 6.07) is 8.05. The minimum absolute atomic E-state index is 0.0117. The van der Waals surface area contributed by atoms with Crippen LogP contribution in [0.2, 0.25) is 0 Å². The van der Waals surface area contributed by atoms with Gasteiger partial charge in [-0.1, -0.05) is 48.8 Å². The molecule has 2 aromatic rings. The minimum atomic E-state index is 0.0117. The van der Waals surface area contributed by atoms with Gasteiger partial charge in [-0.15, -0.1) is 0 Å². The van der Waals surface area contributed by atoms with Gasteiger partial charge < -0.3 is 9.84 Å². The summed E-state index contributed by atoms with van der Waals surface area (Å²) in [6.07, 6.45) is 1.93. The normalized spacial score (nSPS) is 18.0. The predicted octanol–water partition coefficient (Wildman–Crippen LogP) is 4.51. The Bertz CT molecular complexity index is 795. The summed E-state index contributed by atoms with van der Waals surface area (Å²) in [6.45, 7) is 10.9. The summed E-state index contributed by atoms with van der Waals surface area (Å²) in [5.41, 5.74) is 0.924. The second kappa shape index (κ2) is 9.85. The van der Waals surface area contributed by atoms with E-state index in [0.29, 0.717) is 30.1 Å². The molecule has 1 amide bonds. The van der Waals surface area contributed by atoms with Crippen molar-refractivity contribution in [1.82, 2.24) is 20.4 Å². The number of aromatic nitrogens is 2. The molecule has 0 bridgehead atoms. The molecule has 1 unspecified atom stereocenters. The Balaban J connectivity index is 1.58. The summed E-state index contributed by atoms with van der Waals surface area (Å²) in [7, 11) is 0. The van der Waals surface area contributed by atoms with Gasteiger partial charge in [0.25, 0.3) is 0 Å². The lowest BCUT2D eigenvalue weighted by Crippen LogP contribution is -2.48. The molecule has 0 saturated carbocycles. The van der Waals surface area contributed by atoms with Gasteiger partial charge in [0.1, 0.15) is 0 Å². The second-order valence-electron chi connectivity index (χ2n) is 8.62. The van der Waals surface area contributed by atoms with Crippen LogP contribution in [-0.2, 0) is 11.3 Å². The maximum Gasteiger partial charge on any atom is 0.241 e. The molecular weight excluding hydrogens is 432 g/mol. The summed E-state index contributed by atoms with van der Waals surface area (Å²) < 4.78 is 6.47. The van der Waals surface area contributed by atoms with Crippen LogP contribution in [0.4, 0.5) is 0 Å². The Morgan fingerprint density at radius 1 is 1.24 bits per heavy atom. The number of halogens is 1. The van der Waals surface area contributed by atoms with Crippen molar-refractivity contribution in [2.45, 2.75) is 53.1 Å². The molecule has 1 atom stereocenters. The molecule has 1 fully saturated rings. The van der Waals surface area contributed by atoms with E-state index in [1.165, 1.54) is 0 Å². The molecule has 0 aliphatic carbocycles. The average Bonchev–Trinajstić information content (AvgIpc) is 3.14. The van der Waals surface area contributed by atoms with Crippen LogP contribution in [0, 0.1) is 17.8 Å². The highest BCUT2D eigenvalue weighted by atomic mass is 79.9. The fourth-order valence-electron chi connectivity index (χ4n) is 4.02. The molecule has 158 valence electrons. The van der Waals surface area contributed by atoms with Crippen LogP contribution in [0.5, 0.6) is 0 Å². The van der Waals surface area contributed by atoms with Crippen LogP contribution < -0.4 is 5.32 Å².